The molecule has 0 aromatic heterocycles. The first-order valence-electron chi connectivity index (χ1n) is 10.1. The summed E-state index contributed by atoms with van der Waals surface area (Å²) in [4.78, 5) is 31.4. The number of piperidine rings is 1. The van der Waals surface area contributed by atoms with E-state index >= 15 is 0 Å². The highest BCUT2D eigenvalue weighted by Crippen LogP contribution is 2.21. The molecule has 2 heterocycles. The molecule has 2 amide bonds. The van der Waals surface area contributed by atoms with Gasteiger partial charge < -0.3 is 9.80 Å². The van der Waals surface area contributed by atoms with Crippen LogP contribution in [0, 0.1) is 17.6 Å². The Balaban J connectivity index is 1.58. The lowest BCUT2D eigenvalue weighted by molar-refractivity contribution is -0.140. The van der Waals surface area contributed by atoms with Crippen LogP contribution in [0.1, 0.15) is 43.5 Å². The van der Waals surface area contributed by atoms with Crippen molar-refractivity contribution in [3.63, 3.8) is 0 Å². The van der Waals surface area contributed by atoms with Gasteiger partial charge in [0, 0.05) is 38.3 Å². The monoisotopic (exact) mass is 393 g/mol. The quantitative estimate of drug-likeness (QED) is 0.790. The highest BCUT2D eigenvalue weighted by molar-refractivity contribution is 5.94. The number of rotatable bonds is 4. The Morgan fingerprint density at radius 1 is 1.00 bits per heavy atom. The van der Waals surface area contributed by atoms with Crippen molar-refractivity contribution in [2.45, 2.75) is 39.2 Å². The number of amides is 2. The zero-order valence-corrected chi connectivity index (χ0v) is 16.7. The molecule has 1 aromatic carbocycles. The Labute approximate surface area is 165 Å². The molecule has 0 spiro atoms. The molecular formula is C21H29F2N3O2. The second-order valence-corrected chi connectivity index (χ2v) is 8.15. The first-order valence-corrected chi connectivity index (χ1v) is 10.1. The van der Waals surface area contributed by atoms with Crippen molar-refractivity contribution in [3.8, 4) is 0 Å². The Morgan fingerprint density at radius 2 is 1.68 bits per heavy atom. The van der Waals surface area contributed by atoms with Crippen LogP contribution in [0.5, 0.6) is 0 Å². The summed E-state index contributed by atoms with van der Waals surface area (Å²) in [6, 6.07) is 3.13. The first-order chi connectivity index (χ1) is 13.4. The fourth-order valence-electron chi connectivity index (χ4n) is 4.11. The van der Waals surface area contributed by atoms with E-state index in [0.717, 1.165) is 44.5 Å². The lowest BCUT2D eigenvalue weighted by Crippen LogP contribution is -2.57. The molecule has 3 rings (SSSR count). The predicted molar refractivity (Wildman–Crippen MR) is 103 cm³/mol. The SMILES string of the molecule is CC(C)CN1CCCCC1C(=O)N1CCN(C(=O)c2ccc(F)c(F)c2)CC1. The third-order valence-electron chi connectivity index (χ3n) is 5.54. The van der Waals surface area contributed by atoms with Crippen LogP contribution in [0.3, 0.4) is 0 Å². The van der Waals surface area contributed by atoms with E-state index in [1.807, 2.05) is 4.90 Å². The Kier molecular flexibility index (Phi) is 6.65. The van der Waals surface area contributed by atoms with Gasteiger partial charge in [0.05, 0.1) is 6.04 Å². The average molecular weight is 393 g/mol. The van der Waals surface area contributed by atoms with E-state index in [1.54, 1.807) is 4.90 Å². The van der Waals surface area contributed by atoms with E-state index in [9.17, 15) is 18.4 Å². The minimum absolute atomic E-state index is 0.0652. The van der Waals surface area contributed by atoms with Gasteiger partial charge in [-0.05, 0) is 43.5 Å². The van der Waals surface area contributed by atoms with E-state index in [0.29, 0.717) is 32.1 Å². The molecule has 0 saturated carbocycles. The molecule has 0 bridgehead atoms. The van der Waals surface area contributed by atoms with Crippen LogP contribution < -0.4 is 0 Å². The molecule has 0 radical (unpaired) electrons. The summed E-state index contributed by atoms with van der Waals surface area (Å²) in [5.41, 5.74) is 0.133. The Morgan fingerprint density at radius 3 is 2.32 bits per heavy atom. The molecule has 5 nitrogen and oxygen atoms in total. The number of carbonyl (C=O) groups is 2. The highest BCUT2D eigenvalue weighted by atomic mass is 19.2. The molecule has 2 fully saturated rings. The number of hydrogen-bond donors (Lipinski definition) is 0. The molecule has 2 aliphatic heterocycles. The number of nitrogens with zero attached hydrogens (tertiary/aromatic N) is 3. The zero-order chi connectivity index (χ0) is 20.3. The summed E-state index contributed by atoms with van der Waals surface area (Å²) in [5, 5.41) is 0. The van der Waals surface area contributed by atoms with E-state index < -0.39 is 11.6 Å². The summed E-state index contributed by atoms with van der Waals surface area (Å²) in [7, 11) is 0. The van der Waals surface area contributed by atoms with Gasteiger partial charge in [-0.15, -0.1) is 0 Å². The molecule has 28 heavy (non-hydrogen) atoms. The molecule has 0 N–H and O–H groups in total. The molecule has 1 atom stereocenters. The summed E-state index contributed by atoms with van der Waals surface area (Å²) in [6.45, 7) is 7.97. The largest absolute Gasteiger partial charge is 0.338 e. The first kappa shape index (κ1) is 20.7. The number of benzene rings is 1. The van der Waals surface area contributed by atoms with Gasteiger partial charge in [0.25, 0.3) is 5.91 Å². The van der Waals surface area contributed by atoms with Gasteiger partial charge in [-0.3, -0.25) is 14.5 Å². The zero-order valence-electron chi connectivity index (χ0n) is 16.7. The predicted octanol–water partition coefficient (Wildman–Crippen LogP) is 2.76. The van der Waals surface area contributed by atoms with Crippen LogP contribution in [-0.2, 0) is 4.79 Å². The van der Waals surface area contributed by atoms with Crippen LogP contribution in [0.15, 0.2) is 18.2 Å². The van der Waals surface area contributed by atoms with Crippen molar-refractivity contribution >= 4 is 11.8 Å². The maximum absolute atomic E-state index is 13.4. The van der Waals surface area contributed by atoms with Crippen molar-refractivity contribution in [2.75, 3.05) is 39.3 Å². The number of piperazine rings is 1. The van der Waals surface area contributed by atoms with Gasteiger partial charge in [-0.25, -0.2) is 8.78 Å². The van der Waals surface area contributed by atoms with Crippen molar-refractivity contribution in [1.82, 2.24) is 14.7 Å². The number of likely N-dealkylation sites (tertiary alicyclic amines) is 1. The summed E-state index contributed by atoms with van der Waals surface area (Å²) in [6.07, 6.45) is 3.09. The number of halogens is 2. The minimum Gasteiger partial charge on any atom is -0.338 e. The number of carbonyl (C=O) groups excluding carboxylic acids is 2. The van der Waals surface area contributed by atoms with Gasteiger partial charge in [-0.2, -0.15) is 0 Å². The van der Waals surface area contributed by atoms with Gasteiger partial charge >= 0.3 is 0 Å². The Hall–Kier alpha value is -2.02. The maximum atomic E-state index is 13.4. The van der Waals surface area contributed by atoms with Crippen LogP contribution >= 0.6 is 0 Å². The van der Waals surface area contributed by atoms with Crippen LogP contribution in [-0.4, -0.2) is 71.8 Å². The van der Waals surface area contributed by atoms with Crippen molar-refractivity contribution in [1.29, 1.82) is 0 Å². The normalized spacial score (nSPS) is 21.2. The molecule has 154 valence electrons. The Bertz CT molecular complexity index is 718. The standard InChI is InChI=1S/C21H29F2N3O2/c1-15(2)14-26-8-4-3-5-19(26)21(28)25-11-9-24(10-12-25)20(27)16-6-7-17(22)18(23)13-16/h6-7,13,15,19H,3-5,8-12,14H2,1-2H3. The van der Waals surface area contributed by atoms with Crippen LogP contribution in [0.4, 0.5) is 8.78 Å². The van der Waals surface area contributed by atoms with E-state index in [1.165, 1.54) is 6.07 Å². The molecule has 2 saturated heterocycles. The van der Waals surface area contributed by atoms with E-state index in [4.69, 9.17) is 0 Å². The molecule has 0 aliphatic carbocycles. The maximum Gasteiger partial charge on any atom is 0.254 e. The summed E-state index contributed by atoms with van der Waals surface area (Å²) < 4.78 is 26.5. The average Bonchev–Trinajstić information content (AvgIpc) is 2.69. The molecule has 7 heteroatoms. The van der Waals surface area contributed by atoms with Crippen molar-refractivity contribution < 1.29 is 18.4 Å². The molecule has 2 aliphatic rings. The van der Waals surface area contributed by atoms with E-state index in [-0.39, 0.29) is 23.4 Å². The summed E-state index contributed by atoms with van der Waals surface area (Å²) >= 11 is 0. The lowest BCUT2D eigenvalue weighted by atomic mass is 9.99. The fraction of sp³-hybridized carbons (Fsp3) is 0.619. The smallest absolute Gasteiger partial charge is 0.254 e. The summed E-state index contributed by atoms with van der Waals surface area (Å²) in [5.74, 6) is -1.66. The lowest BCUT2D eigenvalue weighted by Gasteiger charge is -2.41. The van der Waals surface area contributed by atoms with Gasteiger partial charge in [-0.1, -0.05) is 20.3 Å². The van der Waals surface area contributed by atoms with Crippen molar-refractivity contribution in [3.05, 3.63) is 35.4 Å². The molecular weight excluding hydrogens is 364 g/mol. The molecule has 1 aromatic rings. The van der Waals surface area contributed by atoms with Crippen LogP contribution in [0.2, 0.25) is 0 Å². The van der Waals surface area contributed by atoms with Gasteiger partial charge in [0.1, 0.15) is 0 Å². The second-order valence-electron chi connectivity index (χ2n) is 8.15. The van der Waals surface area contributed by atoms with Crippen LogP contribution in [0.25, 0.3) is 0 Å². The van der Waals surface area contributed by atoms with Gasteiger partial charge in [0.15, 0.2) is 11.6 Å². The highest BCUT2D eigenvalue weighted by Gasteiger charge is 2.34. The van der Waals surface area contributed by atoms with Gasteiger partial charge in [0.2, 0.25) is 5.91 Å². The van der Waals surface area contributed by atoms with Crippen molar-refractivity contribution in [2.24, 2.45) is 5.92 Å². The molecule has 1 unspecified atom stereocenters. The second kappa shape index (κ2) is 8.99. The third kappa shape index (κ3) is 4.69. The fourth-order valence-corrected chi connectivity index (χ4v) is 4.11. The number of hydrogen-bond acceptors (Lipinski definition) is 3. The minimum atomic E-state index is -1.03. The third-order valence-corrected chi connectivity index (χ3v) is 5.54. The topological polar surface area (TPSA) is 43.9 Å². The van der Waals surface area contributed by atoms with E-state index in [2.05, 4.69) is 18.7 Å².